The van der Waals surface area contributed by atoms with Gasteiger partial charge in [0.25, 0.3) is 0 Å². The first-order valence-corrected chi connectivity index (χ1v) is 7.60. The third kappa shape index (κ3) is 3.46. The van der Waals surface area contributed by atoms with Gasteiger partial charge in [0.1, 0.15) is 0 Å². The lowest BCUT2D eigenvalue weighted by atomic mass is 10.1. The molecule has 2 aromatic carbocycles. The minimum absolute atomic E-state index is 0.307. The van der Waals surface area contributed by atoms with E-state index in [4.69, 9.17) is 11.6 Å². The summed E-state index contributed by atoms with van der Waals surface area (Å²) in [6.07, 6.45) is 1.86. The Kier molecular flexibility index (Phi) is 4.93. The number of anilines is 1. The number of carbonyl (C=O) groups is 1. The van der Waals surface area contributed by atoms with E-state index in [1.54, 1.807) is 12.1 Å². The lowest BCUT2D eigenvalue weighted by molar-refractivity contribution is 0.0694. The third-order valence-electron chi connectivity index (χ3n) is 2.83. The van der Waals surface area contributed by atoms with Crippen LogP contribution in [0.15, 0.2) is 47.4 Å². The molecule has 0 saturated heterocycles. The molecule has 0 aromatic heterocycles. The first-order chi connectivity index (χ1) is 9.61. The molecular weight excluding hydrogens is 294 g/mol. The quantitative estimate of drug-likeness (QED) is 0.805. The maximum atomic E-state index is 11.4. The van der Waals surface area contributed by atoms with Gasteiger partial charge in [-0.1, -0.05) is 29.8 Å². The van der Waals surface area contributed by atoms with Crippen LogP contribution in [-0.4, -0.2) is 17.3 Å². The normalized spacial score (nSPS) is 10.3. The van der Waals surface area contributed by atoms with Crippen LogP contribution in [0.5, 0.6) is 0 Å². The highest BCUT2D eigenvalue weighted by atomic mass is 35.5. The summed E-state index contributed by atoms with van der Waals surface area (Å²) < 4.78 is 0. The molecule has 0 amide bonds. The van der Waals surface area contributed by atoms with Crippen LogP contribution in [0.3, 0.4) is 0 Å². The molecule has 20 heavy (non-hydrogen) atoms. The maximum Gasteiger partial charge on any atom is 0.338 e. The van der Waals surface area contributed by atoms with E-state index in [0.717, 1.165) is 10.5 Å². The summed E-state index contributed by atoms with van der Waals surface area (Å²) in [5.41, 5.74) is 1.93. The minimum Gasteiger partial charge on any atom is -0.478 e. The van der Waals surface area contributed by atoms with Gasteiger partial charge >= 0.3 is 5.97 Å². The van der Waals surface area contributed by atoms with Crippen molar-refractivity contribution >= 4 is 35.0 Å². The highest BCUT2D eigenvalue weighted by Gasteiger charge is 2.14. The van der Waals surface area contributed by atoms with Crippen LogP contribution >= 0.6 is 23.4 Å². The van der Waals surface area contributed by atoms with E-state index in [9.17, 15) is 9.90 Å². The maximum absolute atomic E-state index is 11.4. The second-order valence-electron chi connectivity index (χ2n) is 4.17. The summed E-state index contributed by atoms with van der Waals surface area (Å²) in [6.45, 7) is 0.526. The molecule has 5 heteroatoms. The highest BCUT2D eigenvalue weighted by molar-refractivity contribution is 7.98. The van der Waals surface area contributed by atoms with Gasteiger partial charge in [0.2, 0.25) is 0 Å². The molecule has 0 atom stereocenters. The lowest BCUT2D eigenvalue weighted by Gasteiger charge is -2.12. The molecule has 0 aliphatic carbocycles. The van der Waals surface area contributed by atoms with E-state index in [1.807, 2.05) is 36.6 Å². The predicted molar refractivity (Wildman–Crippen MR) is 84.0 cm³/mol. The van der Waals surface area contributed by atoms with Gasteiger partial charge in [0, 0.05) is 16.5 Å². The molecule has 2 N–H and O–H groups in total. The molecule has 0 saturated carbocycles. The van der Waals surface area contributed by atoms with Crippen LogP contribution in [0, 0.1) is 0 Å². The highest BCUT2D eigenvalue weighted by Crippen LogP contribution is 2.27. The molecule has 2 rings (SSSR count). The molecule has 0 spiro atoms. The van der Waals surface area contributed by atoms with Gasteiger partial charge in [0.05, 0.1) is 11.3 Å². The van der Waals surface area contributed by atoms with Gasteiger partial charge in [-0.25, -0.2) is 4.79 Å². The van der Waals surface area contributed by atoms with Crippen molar-refractivity contribution in [2.75, 3.05) is 11.6 Å². The van der Waals surface area contributed by atoms with Crippen LogP contribution < -0.4 is 5.32 Å². The molecule has 104 valence electrons. The van der Waals surface area contributed by atoms with Gasteiger partial charge in [-0.2, -0.15) is 0 Å². The molecule has 0 unspecified atom stereocenters. The fourth-order valence-corrected chi connectivity index (χ4v) is 2.74. The van der Waals surface area contributed by atoms with Crippen LogP contribution in [0.2, 0.25) is 5.02 Å². The van der Waals surface area contributed by atoms with E-state index in [0.29, 0.717) is 22.8 Å². The number of nitrogens with one attached hydrogen (secondary N) is 1. The van der Waals surface area contributed by atoms with Crippen LogP contribution in [0.1, 0.15) is 15.9 Å². The van der Waals surface area contributed by atoms with E-state index >= 15 is 0 Å². The van der Waals surface area contributed by atoms with Crippen LogP contribution in [-0.2, 0) is 6.54 Å². The molecule has 0 aliphatic rings. The Labute approximate surface area is 127 Å². The Balaban J connectivity index is 2.23. The Bertz CT molecular complexity index is 631. The van der Waals surface area contributed by atoms with Crippen LogP contribution in [0.4, 0.5) is 5.69 Å². The summed E-state index contributed by atoms with van der Waals surface area (Å²) in [5.74, 6) is -0.927. The Morgan fingerprint density at radius 2 is 2.05 bits per heavy atom. The van der Waals surface area contributed by atoms with Crippen molar-refractivity contribution in [3.63, 3.8) is 0 Å². The molecule has 2 aromatic rings. The fourth-order valence-electron chi connectivity index (χ4n) is 1.91. The number of rotatable bonds is 5. The molecule has 0 aliphatic heterocycles. The van der Waals surface area contributed by atoms with Crippen molar-refractivity contribution in [1.29, 1.82) is 0 Å². The average Bonchev–Trinajstić information content (AvgIpc) is 2.44. The number of benzene rings is 2. The molecule has 3 nitrogen and oxygen atoms in total. The van der Waals surface area contributed by atoms with Gasteiger partial charge in [0.15, 0.2) is 0 Å². The van der Waals surface area contributed by atoms with Crippen molar-refractivity contribution in [2.24, 2.45) is 0 Å². The third-order valence-corrected chi connectivity index (χ3v) is 3.85. The number of aromatic carboxylic acids is 1. The molecule has 0 fully saturated rings. The topological polar surface area (TPSA) is 49.3 Å². The van der Waals surface area contributed by atoms with Crippen molar-refractivity contribution in [2.45, 2.75) is 11.4 Å². The summed E-state index contributed by atoms with van der Waals surface area (Å²) in [6, 6.07) is 12.9. The Morgan fingerprint density at radius 1 is 1.30 bits per heavy atom. The molecule has 0 heterocycles. The smallest absolute Gasteiger partial charge is 0.338 e. The van der Waals surface area contributed by atoms with E-state index in [-0.39, 0.29) is 0 Å². The number of hydrogen-bond acceptors (Lipinski definition) is 3. The predicted octanol–water partition coefficient (Wildman–Crippen LogP) is 4.37. The van der Waals surface area contributed by atoms with Crippen molar-refractivity contribution in [1.82, 2.24) is 0 Å². The number of thioether (sulfide) groups is 1. The molecule has 0 bridgehead atoms. The molecular formula is C15H14ClNO2S. The summed E-state index contributed by atoms with van der Waals surface area (Å²) >= 11 is 7.35. The van der Waals surface area contributed by atoms with Gasteiger partial charge in [-0.3, -0.25) is 0 Å². The largest absolute Gasteiger partial charge is 0.478 e. The monoisotopic (exact) mass is 307 g/mol. The Morgan fingerprint density at radius 3 is 2.70 bits per heavy atom. The zero-order chi connectivity index (χ0) is 14.5. The summed E-state index contributed by atoms with van der Waals surface area (Å²) in [7, 11) is 0. The zero-order valence-corrected chi connectivity index (χ0v) is 12.5. The van der Waals surface area contributed by atoms with E-state index in [2.05, 4.69) is 5.32 Å². The lowest BCUT2D eigenvalue weighted by Crippen LogP contribution is -2.07. The van der Waals surface area contributed by atoms with E-state index in [1.165, 1.54) is 11.8 Å². The second kappa shape index (κ2) is 6.68. The fraction of sp³-hybridized carbons (Fsp3) is 0.133. The van der Waals surface area contributed by atoms with Gasteiger partial charge in [-0.15, -0.1) is 11.8 Å². The molecule has 0 radical (unpaired) electrons. The minimum atomic E-state index is -0.927. The van der Waals surface area contributed by atoms with Crippen molar-refractivity contribution in [3.8, 4) is 0 Å². The summed E-state index contributed by atoms with van der Waals surface area (Å²) in [4.78, 5) is 12.1. The number of carboxylic acid groups (broad SMARTS) is 1. The van der Waals surface area contributed by atoms with Crippen molar-refractivity contribution < 1.29 is 9.90 Å². The number of hydrogen-bond donors (Lipinski definition) is 2. The summed E-state index contributed by atoms with van der Waals surface area (Å²) in [5, 5.41) is 13.2. The first-order valence-electron chi connectivity index (χ1n) is 6.00. The van der Waals surface area contributed by atoms with Gasteiger partial charge < -0.3 is 10.4 Å². The second-order valence-corrected chi connectivity index (χ2v) is 5.46. The SMILES string of the molecule is CSc1cccc(NCc2cccc(Cl)c2)c1C(=O)O. The van der Waals surface area contributed by atoms with E-state index < -0.39 is 5.97 Å². The number of halogens is 1. The average molecular weight is 308 g/mol. The van der Waals surface area contributed by atoms with Crippen LogP contribution in [0.25, 0.3) is 0 Å². The standard InChI is InChI=1S/C15H14ClNO2S/c1-20-13-7-3-6-12(14(13)15(18)19)17-9-10-4-2-5-11(16)8-10/h2-8,17H,9H2,1H3,(H,18,19). The van der Waals surface area contributed by atoms with Gasteiger partial charge in [-0.05, 0) is 36.1 Å². The van der Waals surface area contributed by atoms with Crippen molar-refractivity contribution in [3.05, 3.63) is 58.6 Å². The zero-order valence-electron chi connectivity index (χ0n) is 10.9. The Hall–Kier alpha value is -1.65. The number of carboxylic acids is 1. The first kappa shape index (κ1) is 14.8.